The lowest BCUT2D eigenvalue weighted by atomic mass is 9.75. The van der Waals surface area contributed by atoms with Gasteiger partial charge in [-0.15, -0.1) is 0 Å². The minimum atomic E-state index is -0.499. The Bertz CT molecular complexity index is 628. The molecule has 1 aliphatic heterocycles. The lowest BCUT2D eigenvalue weighted by Gasteiger charge is -2.37. The predicted octanol–water partition coefficient (Wildman–Crippen LogP) is 3.74. The van der Waals surface area contributed by atoms with Gasteiger partial charge in [-0.3, -0.25) is 4.79 Å². The normalized spacial score (nSPS) is 31.7. The summed E-state index contributed by atoms with van der Waals surface area (Å²) < 4.78 is 5.91. The van der Waals surface area contributed by atoms with Crippen molar-refractivity contribution >= 4 is 11.9 Å². The molecule has 0 unspecified atom stereocenters. The van der Waals surface area contributed by atoms with Crippen molar-refractivity contribution in [3.05, 3.63) is 35.9 Å². The summed E-state index contributed by atoms with van der Waals surface area (Å²) in [7, 11) is 0. The molecule has 2 fully saturated rings. The van der Waals surface area contributed by atoms with Crippen LogP contribution in [-0.4, -0.2) is 24.0 Å². The minimum Gasteiger partial charge on any atom is -0.461 e. The SMILES string of the molecule is CC(C)[C@@H]1CC[C@@H](C)C[C@H]1OC(=O)[C@@H]1C[C@@H](Cc2ccccc2)C(=O)N1. The van der Waals surface area contributed by atoms with Gasteiger partial charge in [0.15, 0.2) is 0 Å². The summed E-state index contributed by atoms with van der Waals surface area (Å²) in [5, 5.41) is 2.86. The van der Waals surface area contributed by atoms with E-state index in [0.717, 1.165) is 18.4 Å². The second-order valence-corrected chi connectivity index (χ2v) is 8.48. The molecule has 0 spiro atoms. The average molecular weight is 357 g/mol. The zero-order valence-corrected chi connectivity index (χ0v) is 16.1. The van der Waals surface area contributed by atoms with E-state index in [2.05, 4.69) is 26.1 Å². The summed E-state index contributed by atoms with van der Waals surface area (Å²) in [4.78, 5) is 25.0. The smallest absolute Gasteiger partial charge is 0.328 e. The molecular formula is C22H31NO3. The van der Waals surface area contributed by atoms with Gasteiger partial charge in [-0.05, 0) is 49.0 Å². The number of ether oxygens (including phenoxy) is 1. The summed E-state index contributed by atoms with van der Waals surface area (Å²) in [6, 6.07) is 9.47. The number of hydrogen-bond donors (Lipinski definition) is 1. The molecule has 2 aliphatic rings. The lowest BCUT2D eigenvalue weighted by Crippen LogP contribution is -2.41. The predicted molar refractivity (Wildman–Crippen MR) is 101 cm³/mol. The van der Waals surface area contributed by atoms with Crippen LogP contribution in [0.15, 0.2) is 30.3 Å². The monoisotopic (exact) mass is 357 g/mol. The number of carbonyl (C=O) groups is 2. The van der Waals surface area contributed by atoms with Crippen LogP contribution in [-0.2, 0) is 20.7 Å². The molecule has 4 nitrogen and oxygen atoms in total. The fraction of sp³-hybridized carbons (Fsp3) is 0.636. The highest BCUT2D eigenvalue weighted by atomic mass is 16.5. The molecule has 4 heteroatoms. The number of nitrogens with one attached hydrogen (secondary N) is 1. The van der Waals surface area contributed by atoms with Crippen molar-refractivity contribution in [1.82, 2.24) is 5.32 Å². The van der Waals surface area contributed by atoms with Crippen molar-refractivity contribution in [1.29, 1.82) is 0 Å². The number of carbonyl (C=O) groups excluding carboxylic acids is 2. The van der Waals surface area contributed by atoms with Gasteiger partial charge in [0, 0.05) is 5.92 Å². The van der Waals surface area contributed by atoms with Gasteiger partial charge < -0.3 is 10.1 Å². The molecule has 1 aliphatic carbocycles. The molecule has 0 bridgehead atoms. The summed E-state index contributed by atoms with van der Waals surface area (Å²) in [5.41, 5.74) is 1.13. The number of amides is 1. The van der Waals surface area contributed by atoms with E-state index in [1.807, 2.05) is 30.3 Å². The van der Waals surface area contributed by atoms with Crippen molar-refractivity contribution in [3.63, 3.8) is 0 Å². The first-order valence-corrected chi connectivity index (χ1v) is 9.98. The van der Waals surface area contributed by atoms with E-state index in [1.54, 1.807) is 0 Å². The second kappa shape index (κ2) is 8.24. The molecule has 142 valence electrons. The van der Waals surface area contributed by atoms with Gasteiger partial charge in [0.05, 0.1) is 0 Å². The number of benzene rings is 1. The zero-order valence-electron chi connectivity index (χ0n) is 16.1. The third kappa shape index (κ3) is 4.46. The van der Waals surface area contributed by atoms with Crippen LogP contribution >= 0.6 is 0 Å². The van der Waals surface area contributed by atoms with Gasteiger partial charge >= 0.3 is 5.97 Å². The zero-order chi connectivity index (χ0) is 18.7. The molecule has 1 saturated heterocycles. The highest BCUT2D eigenvalue weighted by Gasteiger charge is 2.40. The van der Waals surface area contributed by atoms with Crippen molar-refractivity contribution in [2.24, 2.45) is 23.7 Å². The first-order chi connectivity index (χ1) is 12.4. The summed E-state index contributed by atoms with van der Waals surface area (Å²) in [5.74, 6) is 1.08. The Balaban J connectivity index is 1.58. The summed E-state index contributed by atoms with van der Waals surface area (Å²) >= 11 is 0. The lowest BCUT2D eigenvalue weighted by molar-refractivity contribution is -0.158. The number of rotatable bonds is 5. The van der Waals surface area contributed by atoms with Crippen LogP contribution in [0.2, 0.25) is 0 Å². The van der Waals surface area contributed by atoms with Gasteiger partial charge in [0.2, 0.25) is 5.91 Å². The molecule has 1 aromatic carbocycles. The van der Waals surface area contributed by atoms with E-state index in [-0.39, 0.29) is 23.9 Å². The fourth-order valence-electron chi connectivity index (χ4n) is 4.45. The van der Waals surface area contributed by atoms with Crippen molar-refractivity contribution in [2.45, 2.75) is 65.0 Å². The van der Waals surface area contributed by atoms with Crippen LogP contribution < -0.4 is 5.32 Å². The number of hydrogen-bond acceptors (Lipinski definition) is 3. The first-order valence-electron chi connectivity index (χ1n) is 9.98. The molecule has 1 saturated carbocycles. The van der Waals surface area contributed by atoms with E-state index < -0.39 is 6.04 Å². The largest absolute Gasteiger partial charge is 0.461 e. The third-order valence-electron chi connectivity index (χ3n) is 6.05. The Morgan fingerprint density at radius 2 is 1.92 bits per heavy atom. The summed E-state index contributed by atoms with van der Waals surface area (Å²) in [6.07, 6.45) is 4.44. The first kappa shape index (κ1) is 18.9. The van der Waals surface area contributed by atoms with Crippen LogP contribution in [0.5, 0.6) is 0 Å². The standard InChI is InChI=1S/C22H31NO3/c1-14(2)18-10-9-15(3)11-20(18)26-22(25)19-13-17(21(24)23-19)12-16-7-5-4-6-8-16/h4-8,14-15,17-20H,9-13H2,1-3H3,(H,23,24)/t15-,17-,18+,19+,20-/m1/s1. The van der Waals surface area contributed by atoms with Crippen molar-refractivity contribution in [2.75, 3.05) is 0 Å². The summed E-state index contributed by atoms with van der Waals surface area (Å²) in [6.45, 7) is 6.63. The fourth-order valence-corrected chi connectivity index (χ4v) is 4.45. The number of esters is 1. The Morgan fingerprint density at radius 3 is 2.62 bits per heavy atom. The quantitative estimate of drug-likeness (QED) is 0.817. The van der Waals surface area contributed by atoms with Crippen LogP contribution in [0, 0.1) is 23.7 Å². The molecule has 3 rings (SSSR count). The molecular weight excluding hydrogens is 326 g/mol. The van der Waals surface area contributed by atoms with Crippen molar-refractivity contribution in [3.8, 4) is 0 Å². The molecule has 5 atom stereocenters. The van der Waals surface area contributed by atoms with Crippen LogP contribution in [0.3, 0.4) is 0 Å². The van der Waals surface area contributed by atoms with E-state index in [4.69, 9.17) is 4.74 Å². The minimum absolute atomic E-state index is 0.0173. The van der Waals surface area contributed by atoms with Gasteiger partial charge in [-0.2, -0.15) is 0 Å². The van der Waals surface area contributed by atoms with Crippen LogP contribution in [0.25, 0.3) is 0 Å². The Labute approximate surface area is 156 Å². The van der Waals surface area contributed by atoms with Crippen molar-refractivity contribution < 1.29 is 14.3 Å². The Kier molecular flexibility index (Phi) is 6.00. The molecule has 1 amide bonds. The maximum Gasteiger partial charge on any atom is 0.328 e. The van der Waals surface area contributed by atoms with E-state index in [0.29, 0.717) is 30.6 Å². The van der Waals surface area contributed by atoms with Crippen LogP contribution in [0.4, 0.5) is 0 Å². The maximum absolute atomic E-state index is 12.7. The highest BCUT2D eigenvalue weighted by molar-refractivity contribution is 5.89. The highest BCUT2D eigenvalue weighted by Crippen LogP contribution is 2.36. The van der Waals surface area contributed by atoms with Gasteiger partial charge in [-0.25, -0.2) is 4.79 Å². The molecule has 1 heterocycles. The Hall–Kier alpha value is -1.84. The van der Waals surface area contributed by atoms with Gasteiger partial charge in [0.1, 0.15) is 12.1 Å². The third-order valence-corrected chi connectivity index (χ3v) is 6.05. The second-order valence-electron chi connectivity index (χ2n) is 8.48. The van der Waals surface area contributed by atoms with E-state index >= 15 is 0 Å². The average Bonchev–Trinajstić information content (AvgIpc) is 2.96. The molecule has 0 radical (unpaired) electrons. The van der Waals surface area contributed by atoms with E-state index in [1.165, 1.54) is 6.42 Å². The molecule has 0 aromatic heterocycles. The Morgan fingerprint density at radius 1 is 1.19 bits per heavy atom. The molecule has 1 N–H and O–H groups in total. The molecule has 26 heavy (non-hydrogen) atoms. The maximum atomic E-state index is 12.7. The van der Waals surface area contributed by atoms with E-state index in [9.17, 15) is 9.59 Å². The topological polar surface area (TPSA) is 55.4 Å². The van der Waals surface area contributed by atoms with Gasteiger partial charge in [-0.1, -0.05) is 57.5 Å². The molecule has 1 aromatic rings. The van der Waals surface area contributed by atoms with Crippen LogP contribution in [0.1, 0.15) is 52.0 Å². The van der Waals surface area contributed by atoms with Gasteiger partial charge in [0.25, 0.3) is 0 Å².